The van der Waals surface area contributed by atoms with Gasteiger partial charge in [-0.05, 0) is 39.2 Å². The van der Waals surface area contributed by atoms with Crippen LogP contribution in [0.5, 0.6) is 0 Å². The minimum atomic E-state index is -0.117. The van der Waals surface area contributed by atoms with Crippen LogP contribution in [0.1, 0.15) is 36.6 Å². The lowest BCUT2D eigenvalue weighted by molar-refractivity contribution is -0.126. The van der Waals surface area contributed by atoms with Gasteiger partial charge in [0.2, 0.25) is 5.91 Å². The quantitative estimate of drug-likeness (QED) is 0.878. The zero-order chi connectivity index (χ0) is 17.3. The van der Waals surface area contributed by atoms with Gasteiger partial charge in [-0.15, -0.1) is 5.10 Å². The van der Waals surface area contributed by atoms with E-state index < -0.39 is 0 Å². The first-order chi connectivity index (χ1) is 11.5. The van der Waals surface area contributed by atoms with Crippen molar-refractivity contribution in [2.45, 2.75) is 45.7 Å². The van der Waals surface area contributed by atoms with Crippen molar-refractivity contribution in [2.24, 2.45) is 0 Å². The van der Waals surface area contributed by atoms with Crippen LogP contribution >= 0.6 is 0 Å². The summed E-state index contributed by atoms with van der Waals surface area (Å²) < 4.78 is 0. The molecular weight excluding hydrogens is 304 g/mol. The highest BCUT2D eigenvalue weighted by Crippen LogP contribution is 2.23. The third-order valence-electron chi connectivity index (χ3n) is 5.01. The number of aromatic nitrogens is 2. The lowest BCUT2D eigenvalue weighted by Gasteiger charge is -2.38. The van der Waals surface area contributed by atoms with E-state index in [1.54, 1.807) is 0 Å². The van der Waals surface area contributed by atoms with Crippen LogP contribution in [0, 0.1) is 25.2 Å². The Labute approximate surface area is 142 Å². The van der Waals surface area contributed by atoms with Crippen LogP contribution < -0.4 is 10.2 Å². The van der Waals surface area contributed by atoms with Crippen molar-refractivity contribution >= 4 is 11.7 Å². The van der Waals surface area contributed by atoms with E-state index in [-0.39, 0.29) is 11.9 Å². The number of nitriles is 1. The van der Waals surface area contributed by atoms with E-state index in [0.717, 1.165) is 50.3 Å². The molecular formula is C17H24N6O. The number of piperazine rings is 1. The highest BCUT2D eigenvalue weighted by Gasteiger charge is 2.30. The molecule has 2 fully saturated rings. The van der Waals surface area contributed by atoms with Crippen molar-refractivity contribution in [3.8, 4) is 6.07 Å². The minimum Gasteiger partial charge on any atom is -0.352 e. The van der Waals surface area contributed by atoms with Gasteiger partial charge in [0.25, 0.3) is 0 Å². The summed E-state index contributed by atoms with van der Waals surface area (Å²) in [5.74, 6) is 0.782. The molecule has 1 aliphatic heterocycles. The van der Waals surface area contributed by atoms with Crippen molar-refractivity contribution in [1.82, 2.24) is 20.4 Å². The Morgan fingerprint density at radius 1 is 1.25 bits per heavy atom. The van der Waals surface area contributed by atoms with E-state index in [0.29, 0.717) is 17.4 Å². The summed E-state index contributed by atoms with van der Waals surface area (Å²) in [5.41, 5.74) is 2.29. The van der Waals surface area contributed by atoms with Gasteiger partial charge >= 0.3 is 0 Å². The molecule has 0 radical (unpaired) electrons. The fraction of sp³-hybridized carbons (Fsp3) is 0.647. The number of anilines is 1. The van der Waals surface area contributed by atoms with E-state index in [1.165, 1.54) is 0 Å². The van der Waals surface area contributed by atoms with Gasteiger partial charge in [0, 0.05) is 32.2 Å². The minimum absolute atomic E-state index is 0.117. The van der Waals surface area contributed by atoms with Crippen molar-refractivity contribution in [2.75, 3.05) is 31.1 Å². The first kappa shape index (κ1) is 16.7. The number of nitrogens with zero attached hydrogens (tertiary/aromatic N) is 5. The molecule has 1 aromatic rings. The maximum Gasteiger partial charge on any atom is 0.237 e. The van der Waals surface area contributed by atoms with Gasteiger partial charge in [-0.2, -0.15) is 10.4 Å². The number of aryl methyl sites for hydroxylation is 1. The molecule has 7 nitrogen and oxygen atoms in total. The second kappa shape index (κ2) is 6.73. The van der Waals surface area contributed by atoms with Gasteiger partial charge in [0.15, 0.2) is 5.82 Å². The van der Waals surface area contributed by atoms with Crippen molar-refractivity contribution in [3.05, 3.63) is 16.8 Å². The molecule has 1 aromatic heterocycles. The number of rotatable bonds is 4. The van der Waals surface area contributed by atoms with E-state index in [9.17, 15) is 10.1 Å². The van der Waals surface area contributed by atoms with Gasteiger partial charge in [-0.25, -0.2) is 0 Å². The van der Waals surface area contributed by atoms with Crippen molar-refractivity contribution < 1.29 is 4.79 Å². The average Bonchev–Trinajstić information content (AvgIpc) is 3.40. The van der Waals surface area contributed by atoms with Crippen LogP contribution in [0.15, 0.2) is 0 Å². The standard InChI is InChI=1S/C17H24N6O/c1-11-12(2)20-21-16(15(11)10-18)23-8-6-22(7-9-23)13(3)17(24)19-14-4-5-14/h13-14H,4-9H2,1-3H3,(H,19,24). The Morgan fingerprint density at radius 2 is 1.92 bits per heavy atom. The van der Waals surface area contributed by atoms with Gasteiger partial charge < -0.3 is 10.2 Å². The Hall–Kier alpha value is -2.20. The van der Waals surface area contributed by atoms with Crippen LogP contribution in [0.4, 0.5) is 5.82 Å². The monoisotopic (exact) mass is 328 g/mol. The Balaban J connectivity index is 1.64. The molecule has 7 heteroatoms. The average molecular weight is 328 g/mol. The molecule has 1 atom stereocenters. The first-order valence-corrected chi connectivity index (χ1v) is 8.54. The summed E-state index contributed by atoms with van der Waals surface area (Å²) in [6.45, 7) is 8.78. The molecule has 1 amide bonds. The van der Waals surface area contributed by atoms with E-state index in [1.807, 2.05) is 20.8 Å². The SMILES string of the molecule is Cc1nnc(N2CCN(C(C)C(=O)NC3CC3)CC2)c(C#N)c1C. The zero-order valence-electron chi connectivity index (χ0n) is 14.5. The molecule has 1 aliphatic carbocycles. The third kappa shape index (κ3) is 3.34. The van der Waals surface area contributed by atoms with E-state index in [4.69, 9.17) is 0 Å². The predicted octanol–water partition coefficient (Wildman–Crippen LogP) is 0.754. The van der Waals surface area contributed by atoms with Gasteiger partial charge in [-0.1, -0.05) is 0 Å². The number of hydrogen-bond donors (Lipinski definition) is 1. The normalized spacial score (nSPS) is 19.7. The summed E-state index contributed by atoms with van der Waals surface area (Å²) in [7, 11) is 0. The number of amides is 1. The molecule has 0 spiro atoms. The molecule has 2 aliphatic rings. The van der Waals surface area contributed by atoms with Gasteiger partial charge in [0.05, 0.1) is 11.7 Å². The van der Waals surface area contributed by atoms with Crippen LogP contribution in [0.3, 0.4) is 0 Å². The molecule has 0 bridgehead atoms. The van der Waals surface area contributed by atoms with Crippen LogP contribution in [-0.2, 0) is 4.79 Å². The maximum atomic E-state index is 12.2. The molecule has 128 valence electrons. The van der Waals surface area contributed by atoms with Crippen LogP contribution in [0.2, 0.25) is 0 Å². The van der Waals surface area contributed by atoms with Crippen molar-refractivity contribution in [1.29, 1.82) is 5.26 Å². The van der Waals surface area contributed by atoms with Crippen molar-refractivity contribution in [3.63, 3.8) is 0 Å². The molecule has 3 rings (SSSR count). The Kier molecular flexibility index (Phi) is 4.67. The molecule has 1 saturated heterocycles. The number of carbonyl (C=O) groups is 1. The van der Waals surface area contributed by atoms with E-state index in [2.05, 4.69) is 31.4 Å². The highest BCUT2D eigenvalue weighted by molar-refractivity contribution is 5.81. The summed E-state index contributed by atoms with van der Waals surface area (Å²) in [6.07, 6.45) is 2.21. The molecule has 24 heavy (non-hydrogen) atoms. The number of carbonyl (C=O) groups excluding carboxylic acids is 1. The second-order valence-electron chi connectivity index (χ2n) is 6.70. The third-order valence-corrected chi connectivity index (χ3v) is 5.01. The lowest BCUT2D eigenvalue weighted by atomic mass is 10.1. The lowest BCUT2D eigenvalue weighted by Crippen LogP contribution is -2.54. The van der Waals surface area contributed by atoms with Gasteiger partial charge in [0.1, 0.15) is 11.6 Å². The zero-order valence-corrected chi connectivity index (χ0v) is 14.5. The summed E-state index contributed by atoms with van der Waals surface area (Å²) in [6, 6.07) is 2.54. The predicted molar refractivity (Wildman–Crippen MR) is 90.6 cm³/mol. The van der Waals surface area contributed by atoms with Gasteiger partial charge in [-0.3, -0.25) is 9.69 Å². The first-order valence-electron chi connectivity index (χ1n) is 8.54. The summed E-state index contributed by atoms with van der Waals surface area (Å²) >= 11 is 0. The molecule has 0 aromatic carbocycles. The molecule has 2 heterocycles. The van der Waals surface area contributed by atoms with E-state index >= 15 is 0 Å². The highest BCUT2D eigenvalue weighted by atomic mass is 16.2. The Morgan fingerprint density at radius 3 is 2.50 bits per heavy atom. The Bertz CT molecular complexity index is 670. The molecule has 1 saturated carbocycles. The summed E-state index contributed by atoms with van der Waals surface area (Å²) in [4.78, 5) is 16.5. The fourth-order valence-corrected chi connectivity index (χ4v) is 2.99. The number of hydrogen-bond acceptors (Lipinski definition) is 6. The molecule has 1 N–H and O–H groups in total. The largest absolute Gasteiger partial charge is 0.352 e. The van der Waals surface area contributed by atoms with Crippen LogP contribution in [-0.4, -0.2) is 59.3 Å². The maximum absolute atomic E-state index is 12.2. The molecule has 1 unspecified atom stereocenters. The number of nitrogens with one attached hydrogen (secondary N) is 1. The topological polar surface area (TPSA) is 85.2 Å². The second-order valence-corrected chi connectivity index (χ2v) is 6.70. The van der Waals surface area contributed by atoms with Crippen LogP contribution in [0.25, 0.3) is 0 Å². The smallest absolute Gasteiger partial charge is 0.237 e. The fourth-order valence-electron chi connectivity index (χ4n) is 2.99. The summed E-state index contributed by atoms with van der Waals surface area (Å²) in [5, 5.41) is 20.9.